The lowest BCUT2D eigenvalue weighted by Crippen LogP contribution is -2.26. The minimum Gasteiger partial charge on any atom is -0.487 e. The number of hydrogen-bond donors (Lipinski definition) is 1. The average molecular weight is 339 g/mol. The number of pyridine rings is 1. The molecule has 2 atom stereocenters. The first kappa shape index (κ1) is 16.4. The highest BCUT2D eigenvalue weighted by Crippen LogP contribution is 2.30. The van der Waals surface area contributed by atoms with Crippen LogP contribution in [0.15, 0.2) is 36.5 Å². The van der Waals surface area contributed by atoms with Crippen LogP contribution in [0.25, 0.3) is 0 Å². The summed E-state index contributed by atoms with van der Waals surface area (Å²) in [6.07, 6.45) is -0.386. The van der Waals surface area contributed by atoms with Crippen molar-refractivity contribution in [2.75, 3.05) is 0 Å². The van der Waals surface area contributed by atoms with E-state index in [9.17, 15) is 5.11 Å². The number of aliphatic hydroxyl groups excluding tert-OH is 1. The summed E-state index contributed by atoms with van der Waals surface area (Å²) in [7, 11) is 0. The zero-order valence-corrected chi connectivity index (χ0v) is 13.0. The van der Waals surface area contributed by atoms with Gasteiger partial charge >= 0.3 is 0 Å². The van der Waals surface area contributed by atoms with Crippen LogP contribution >= 0.6 is 23.2 Å². The zero-order chi connectivity index (χ0) is 16.1. The molecule has 0 bridgehead atoms. The van der Waals surface area contributed by atoms with Gasteiger partial charge in [0.05, 0.1) is 11.1 Å². The van der Waals surface area contributed by atoms with E-state index in [2.05, 4.69) is 4.98 Å². The first-order chi connectivity index (χ1) is 10.5. The molecular weight excluding hydrogens is 327 g/mol. The molecule has 0 fully saturated rings. The van der Waals surface area contributed by atoms with Gasteiger partial charge in [0.15, 0.2) is 6.10 Å². The summed E-state index contributed by atoms with van der Waals surface area (Å²) in [6, 6.07) is 9.87. The molecule has 2 unspecified atom stereocenters. The number of nitriles is 1. The molecular formula is C15H12Cl2N2O3. The Balaban J connectivity index is 2.04. The largest absolute Gasteiger partial charge is 0.487 e. The molecule has 0 aliphatic carbocycles. The van der Waals surface area contributed by atoms with Gasteiger partial charge in [-0.05, 0) is 37.3 Å². The van der Waals surface area contributed by atoms with E-state index in [0.29, 0.717) is 21.5 Å². The number of hydrogen-bond acceptors (Lipinski definition) is 5. The number of rotatable bonds is 5. The van der Waals surface area contributed by atoms with E-state index in [4.69, 9.17) is 37.9 Å². The molecule has 114 valence electrons. The second-order valence-electron chi connectivity index (χ2n) is 4.41. The van der Waals surface area contributed by atoms with Crippen molar-refractivity contribution in [1.82, 2.24) is 4.98 Å². The van der Waals surface area contributed by atoms with Crippen molar-refractivity contribution in [2.24, 2.45) is 0 Å². The molecule has 1 aromatic heterocycles. The monoisotopic (exact) mass is 338 g/mol. The normalized spacial score (nSPS) is 13.0. The Hall–Kier alpha value is -2.00. The highest BCUT2D eigenvalue weighted by molar-refractivity contribution is 6.35. The predicted octanol–water partition coefficient (Wildman–Crippen LogP) is 3.83. The van der Waals surface area contributed by atoms with Gasteiger partial charge in [0, 0.05) is 6.20 Å². The number of halogens is 2. The summed E-state index contributed by atoms with van der Waals surface area (Å²) >= 11 is 11.7. The molecule has 22 heavy (non-hydrogen) atoms. The molecule has 2 aromatic rings. The number of aliphatic hydroxyl groups is 1. The SMILES string of the molecule is CC(Oc1ccc(Oc2ncc(Cl)cc2Cl)cc1)C(O)C#N. The summed E-state index contributed by atoms with van der Waals surface area (Å²) in [5.41, 5.74) is 0. The first-order valence-corrected chi connectivity index (χ1v) is 7.08. The van der Waals surface area contributed by atoms with Gasteiger partial charge < -0.3 is 14.6 Å². The van der Waals surface area contributed by atoms with Crippen LogP contribution in [0.3, 0.4) is 0 Å². The molecule has 0 aliphatic heterocycles. The molecule has 1 heterocycles. The van der Waals surface area contributed by atoms with Crippen molar-refractivity contribution in [3.05, 3.63) is 46.6 Å². The summed E-state index contributed by atoms with van der Waals surface area (Å²) in [6.45, 7) is 1.61. The van der Waals surface area contributed by atoms with Crippen LogP contribution in [-0.4, -0.2) is 22.3 Å². The Morgan fingerprint density at radius 3 is 2.45 bits per heavy atom. The third kappa shape index (κ3) is 4.25. The maximum Gasteiger partial charge on any atom is 0.238 e. The summed E-state index contributed by atoms with van der Waals surface area (Å²) < 4.78 is 11.0. The quantitative estimate of drug-likeness (QED) is 0.838. The van der Waals surface area contributed by atoms with Gasteiger partial charge in [0.1, 0.15) is 22.6 Å². The van der Waals surface area contributed by atoms with Gasteiger partial charge in [-0.1, -0.05) is 23.2 Å². The lowest BCUT2D eigenvalue weighted by atomic mass is 10.2. The number of aromatic nitrogens is 1. The molecule has 1 aromatic carbocycles. The molecule has 0 spiro atoms. The standard InChI is InChI=1S/C15H12Cl2N2O3/c1-9(14(20)7-18)21-11-2-4-12(5-3-11)22-15-13(17)6-10(16)8-19-15/h2-6,8-9,14,20H,1H3. The minimum absolute atomic E-state index is 0.244. The van der Waals surface area contributed by atoms with Gasteiger partial charge in [-0.2, -0.15) is 5.26 Å². The Morgan fingerprint density at radius 1 is 1.23 bits per heavy atom. The van der Waals surface area contributed by atoms with E-state index >= 15 is 0 Å². The molecule has 2 rings (SSSR count). The van der Waals surface area contributed by atoms with Crippen LogP contribution in [-0.2, 0) is 0 Å². The van der Waals surface area contributed by atoms with E-state index in [-0.39, 0.29) is 5.88 Å². The minimum atomic E-state index is -1.19. The lowest BCUT2D eigenvalue weighted by Gasteiger charge is -2.15. The second kappa shape index (κ2) is 7.32. The topological polar surface area (TPSA) is 75.4 Å². The highest BCUT2D eigenvalue weighted by atomic mass is 35.5. The van der Waals surface area contributed by atoms with Crippen molar-refractivity contribution in [2.45, 2.75) is 19.1 Å². The molecule has 0 radical (unpaired) electrons. The molecule has 0 aliphatic rings. The first-order valence-electron chi connectivity index (χ1n) is 6.33. The van der Waals surface area contributed by atoms with Crippen molar-refractivity contribution in [3.8, 4) is 23.4 Å². The van der Waals surface area contributed by atoms with Gasteiger partial charge in [-0.25, -0.2) is 4.98 Å². The Morgan fingerprint density at radius 2 is 1.86 bits per heavy atom. The fraction of sp³-hybridized carbons (Fsp3) is 0.200. The van der Waals surface area contributed by atoms with Crippen LogP contribution in [0.2, 0.25) is 10.0 Å². The molecule has 5 nitrogen and oxygen atoms in total. The second-order valence-corrected chi connectivity index (χ2v) is 5.25. The van der Waals surface area contributed by atoms with Crippen LogP contribution in [0.5, 0.6) is 17.4 Å². The number of ether oxygens (including phenoxy) is 2. The smallest absolute Gasteiger partial charge is 0.238 e. The average Bonchev–Trinajstić information content (AvgIpc) is 2.51. The van der Waals surface area contributed by atoms with E-state index in [0.717, 1.165) is 0 Å². The fourth-order valence-corrected chi connectivity index (χ4v) is 1.98. The van der Waals surface area contributed by atoms with Gasteiger partial charge in [0.25, 0.3) is 0 Å². The fourth-order valence-electron chi connectivity index (χ4n) is 1.56. The lowest BCUT2D eigenvalue weighted by molar-refractivity contribution is 0.0841. The summed E-state index contributed by atoms with van der Waals surface area (Å²) in [5.74, 6) is 1.26. The van der Waals surface area contributed by atoms with Crippen molar-refractivity contribution in [3.63, 3.8) is 0 Å². The molecule has 0 amide bonds. The van der Waals surface area contributed by atoms with Crippen molar-refractivity contribution in [1.29, 1.82) is 5.26 Å². The van der Waals surface area contributed by atoms with Gasteiger partial charge in [0.2, 0.25) is 5.88 Å². The summed E-state index contributed by atoms with van der Waals surface area (Å²) in [4.78, 5) is 3.99. The number of nitrogens with zero attached hydrogens (tertiary/aromatic N) is 2. The maximum absolute atomic E-state index is 9.35. The highest BCUT2D eigenvalue weighted by Gasteiger charge is 2.14. The van der Waals surface area contributed by atoms with E-state index < -0.39 is 12.2 Å². The van der Waals surface area contributed by atoms with Crippen LogP contribution in [0.4, 0.5) is 0 Å². The zero-order valence-electron chi connectivity index (χ0n) is 11.5. The third-order valence-electron chi connectivity index (χ3n) is 2.71. The van der Waals surface area contributed by atoms with Gasteiger partial charge in [-0.3, -0.25) is 0 Å². The Bertz CT molecular complexity index is 686. The van der Waals surface area contributed by atoms with Crippen LogP contribution in [0, 0.1) is 11.3 Å². The van der Waals surface area contributed by atoms with E-state index in [1.807, 2.05) is 0 Å². The Labute approximate surface area is 137 Å². The van der Waals surface area contributed by atoms with Crippen LogP contribution < -0.4 is 9.47 Å². The summed E-state index contributed by atoms with van der Waals surface area (Å²) in [5, 5.41) is 18.7. The Kier molecular flexibility index (Phi) is 5.45. The van der Waals surface area contributed by atoms with Crippen LogP contribution in [0.1, 0.15) is 6.92 Å². The molecule has 1 N–H and O–H groups in total. The maximum atomic E-state index is 9.35. The van der Waals surface area contributed by atoms with E-state index in [1.165, 1.54) is 12.3 Å². The van der Waals surface area contributed by atoms with Crippen molar-refractivity contribution >= 4 is 23.2 Å². The molecule has 0 saturated carbocycles. The number of benzene rings is 1. The molecule has 7 heteroatoms. The van der Waals surface area contributed by atoms with Crippen molar-refractivity contribution < 1.29 is 14.6 Å². The van der Waals surface area contributed by atoms with Gasteiger partial charge in [-0.15, -0.1) is 0 Å². The van der Waals surface area contributed by atoms with E-state index in [1.54, 1.807) is 37.3 Å². The third-order valence-corrected chi connectivity index (χ3v) is 3.19. The molecule has 0 saturated heterocycles. The predicted molar refractivity (Wildman–Crippen MR) is 82.5 cm³/mol.